The molecule has 0 aliphatic carbocycles. The summed E-state index contributed by atoms with van der Waals surface area (Å²) in [7, 11) is 0. The molecular formula is C12H18O13. The van der Waals surface area contributed by atoms with Crippen molar-refractivity contribution in [3.05, 3.63) is 0 Å². The van der Waals surface area contributed by atoms with E-state index < -0.39 is 73.4 Å². The molecule has 2 saturated heterocycles. The Kier molecular flexibility index (Phi) is 5.93. The Morgan fingerprint density at radius 1 is 0.680 bits per heavy atom. The van der Waals surface area contributed by atoms with Gasteiger partial charge in [-0.3, -0.25) is 0 Å². The van der Waals surface area contributed by atoms with E-state index in [-0.39, 0.29) is 0 Å². The number of hydrogen-bond donors (Lipinski definition) is 8. The number of rotatable bonds is 4. The lowest BCUT2D eigenvalue weighted by atomic mass is 9.96. The first-order chi connectivity index (χ1) is 11.6. The van der Waals surface area contributed by atoms with Gasteiger partial charge in [0.1, 0.15) is 36.6 Å². The zero-order valence-corrected chi connectivity index (χ0v) is 12.4. The van der Waals surface area contributed by atoms with Crippen molar-refractivity contribution in [3.63, 3.8) is 0 Å². The fourth-order valence-electron chi connectivity index (χ4n) is 2.52. The largest absolute Gasteiger partial charge is 0.479 e. The van der Waals surface area contributed by atoms with E-state index in [0.29, 0.717) is 0 Å². The molecule has 144 valence electrons. The van der Waals surface area contributed by atoms with Crippen LogP contribution in [0.4, 0.5) is 0 Å². The van der Waals surface area contributed by atoms with E-state index in [0.717, 1.165) is 0 Å². The second-order valence-corrected chi connectivity index (χ2v) is 5.60. The van der Waals surface area contributed by atoms with E-state index in [1.54, 1.807) is 0 Å². The molecule has 13 nitrogen and oxygen atoms in total. The lowest BCUT2D eigenvalue weighted by Crippen LogP contribution is -2.65. The summed E-state index contributed by atoms with van der Waals surface area (Å²) >= 11 is 0. The first-order valence-electron chi connectivity index (χ1n) is 7.06. The smallest absolute Gasteiger partial charge is 0.335 e. The molecule has 0 amide bonds. The van der Waals surface area contributed by atoms with Crippen molar-refractivity contribution in [1.82, 2.24) is 0 Å². The van der Waals surface area contributed by atoms with E-state index in [2.05, 4.69) is 4.74 Å². The summed E-state index contributed by atoms with van der Waals surface area (Å²) in [5.74, 6) is -3.39. The first kappa shape index (κ1) is 19.9. The Hall–Kier alpha value is -1.42. The van der Waals surface area contributed by atoms with Gasteiger partial charge >= 0.3 is 11.9 Å². The molecule has 2 aliphatic rings. The van der Waals surface area contributed by atoms with Crippen LogP contribution in [0.1, 0.15) is 0 Å². The maximum absolute atomic E-state index is 11.2. The summed E-state index contributed by atoms with van der Waals surface area (Å²) in [6.07, 6.45) is -19.9. The molecule has 13 heteroatoms. The van der Waals surface area contributed by atoms with Gasteiger partial charge in [0.25, 0.3) is 0 Å². The molecule has 8 N–H and O–H groups in total. The van der Waals surface area contributed by atoms with Crippen molar-refractivity contribution in [2.45, 2.75) is 61.4 Å². The first-order valence-corrected chi connectivity index (χ1v) is 7.06. The number of aliphatic carboxylic acids is 2. The van der Waals surface area contributed by atoms with Gasteiger partial charge < -0.3 is 55.1 Å². The summed E-state index contributed by atoms with van der Waals surface area (Å²) in [5, 5.41) is 75.9. The number of hydrogen-bond acceptors (Lipinski definition) is 11. The second kappa shape index (κ2) is 7.45. The van der Waals surface area contributed by atoms with Crippen molar-refractivity contribution >= 4 is 11.9 Å². The molecule has 0 bridgehead atoms. The quantitative estimate of drug-likeness (QED) is 0.232. The van der Waals surface area contributed by atoms with Crippen LogP contribution in [0, 0.1) is 0 Å². The van der Waals surface area contributed by atoms with E-state index in [1.807, 2.05) is 0 Å². The van der Waals surface area contributed by atoms with E-state index in [1.165, 1.54) is 0 Å². The fraction of sp³-hybridized carbons (Fsp3) is 0.833. The second-order valence-electron chi connectivity index (χ2n) is 5.60. The Morgan fingerprint density at radius 2 is 1.24 bits per heavy atom. The standard InChI is InChI=1S/C12H18O13/c13-1-2(14)7(9(18)19)25-12(5(1)17)24-6-3(15)4(16)11(22)23-8(6)10(20)21/h1-8,11-17,22H,(H,18,19)(H,20,21)/t1-,2-,3+,4-,5-,6-,7-,8-,11-,12+/m0/s1. The minimum Gasteiger partial charge on any atom is -0.479 e. The Morgan fingerprint density at radius 3 is 1.76 bits per heavy atom. The van der Waals surface area contributed by atoms with Gasteiger partial charge in [0.2, 0.25) is 0 Å². The van der Waals surface area contributed by atoms with Gasteiger partial charge in [-0.15, -0.1) is 0 Å². The van der Waals surface area contributed by atoms with Gasteiger partial charge in [-0.1, -0.05) is 0 Å². The zero-order chi connectivity index (χ0) is 19.0. The third-order valence-electron chi connectivity index (χ3n) is 3.91. The van der Waals surface area contributed by atoms with Crippen LogP contribution in [0.25, 0.3) is 0 Å². The number of aliphatic hydroxyl groups excluding tert-OH is 6. The van der Waals surface area contributed by atoms with Crippen LogP contribution in [-0.4, -0.2) is 114 Å². The number of aliphatic hydroxyl groups is 6. The molecule has 0 unspecified atom stereocenters. The normalized spacial score (nSPS) is 48.1. The highest BCUT2D eigenvalue weighted by Crippen LogP contribution is 2.28. The van der Waals surface area contributed by atoms with Gasteiger partial charge in [0, 0.05) is 0 Å². The van der Waals surface area contributed by atoms with Gasteiger partial charge in [0.15, 0.2) is 24.8 Å². The number of carboxylic acid groups (broad SMARTS) is 2. The highest BCUT2D eigenvalue weighted by Gasteiger charge is 2.53. The summed E-state index contributed by atoms with van der Waals surface area (Å²) < 4.78 is 14.4. The van der Waals surface area contributed by atoms with E-state index in [4.69, 9.17) is 19.7 Å². The highest BCUT2D eigenvalue weighted by atomic mass is 16.7. The number of carboxylic acids is 2. The van der Waals surface area contributed by atoms with Gasteiger partial charge in [-0.2, -0.15) is 0 Å². The molecule has 0 saturated carbocycles. The molecule has 2 fully saturated rings. The van der Waals surface area contributed by atoms with Crippen LogP contribution in [0.3, 0.4) is 0 Å². The lowest BCUT2D eigenvalue weighted by molar-refractivity contribution is -0.346. The van der Waals surface area contributed by atoms with Gasteiger partial charge in [-0.25, -0.2) is 9.59 Å². The predicted molar refractivity (Wildman–Crippen MR) is 69.7 cm³/mol. The fourth-order valence-corrected chi connectivity index (χ4v) is 2.52. The molecule has 2 rings (SSSR count). The maximum Gasteiger partial charge on any atom is 0.335 e. The predicted octanol–water partition coefficient (Wildman–Crippen LogP) is -5.21. The monoisotopic (exact) mass is 370 g/mol. The van der Waals surface area contributed by atoms with Crippen molar-refractivity contribution in [1.29, 1.82) is 0 Å². The molecule has 25 heavy (non-hydrogen) atoms. The van der Waals surface area contributed by atoms with Crippen molar-refractivity contribution < 1.29 is 64.7 Å². The van der Waals surface area contributed by atoms with Crippen LogP contribution < -0.4 is 0 Å². The Labute approximate surface area is 139 Å². The average Bonchev–Trinajstić information content (AvgIpc) is 2.54. The van der Waals surface area contributed by atoms with Crippen molar-refractivity contribution in [2.75, 3.05) is 0 Å². The highest BCUT2D eigenvalue weighted by molar-refractivity contribution is 5.74. The van der Waals surface area contributed by atoms with Crippen LogP contribution in [0.5, 0.6) is 0 Å². The van der Waals surface area contributed by atoms with Crippen LogP contribution in [-0.2, 0) is 23.8 Å². The van der Waals surface area contributed by atoms with E-state index in [9.17, 15) is 40.2 Å². The molecule has 2 aliphatic heterocycles. The molecule has 0 aromatic rings. The summed E-state index contributed by atoms with van der Waals surface area (Å²) in [6, 6.07) is 0. The molecule has 0 spiro atoms. The molecule has 2 heterocycles. The Bertz CT molecular complexity index is 511. The summed E-state index contributed by atoms with van der Waals surface area (Å²) in [6.45, 7) is 0. The van der Waals surface area contributed by atoms with Crippen LogP contribution in [0.2, 0.25) is 0 Å². The molecule has 0 aromatic carbocycles. The minimum absolute atomic E-state index is 1.70. The van der Waals surface area contributed by atoms with E-state index >= 15 is 0 Å². The molecule has 0 aromatic heterocycles. The third kappa shape index (κ3) is 3.74. The van der Waals surface area contributed by atoms with Crippen LogP contribution >= 0.6 is 0 Å². The molecular weight excluding hydrogens is 352 g/mol. The van der Waals surface area contributed by atoms with Gasteiger partial charge in [-0.05, 0) is 0 Å². The van der Waals surface area contributed by atoms with Crippen LogP contribution in [0.15, 0.2) is 0 Å². The summed E-state index contributed by atoms with van der Waals surface area (Å²) in [5.41, 5.74) is 0. The minimum atomic E-state index is -2.03. The number of ether oxygens (including phenoxy) is 3. The maximum atomic E-state index is 11.2. The Balaban J connectivity index is 2.22. The van der Waals surface area contributed by atoms with Crippen molar-refractivity contribution in [2.24, 2.45) is 0 Å². The topological polar surface area (TPSA) is 224 Å². The molecule has 10 atom stereocenters. The number of carbonyl (C=O) groups is 2. The van der Waals surface area contributed by atoms with Crippen molar-refractivity contribution in [3.8, 4) is 0 Å². The third-order valence-corrected chi connectivity index (χ3v) is 3.91. The lowest BCUT2D eigenvalue weighted by Gasteiger charge is -2.44. The van der Waals surface area contributed by atoms with Gasteiger partial charge in [0.05, 0.1) is 0 Å². The summed E-state index contributed by atoms with van der Waals surface area (Å²) in [4.78, 5) is 22.2. The average molecular weight is 370 g/mol. The zero-order valence-electron chi connectivity index (χ0n) is 12.4. The molecule has 0 radical (unpaired) electrons. The SMILES string of the molecule is O=C(O)[C@H]1O[C@@H](O[C@H]2[C@H](O)[C@H](O)[C@@H](O)O[C@@H]2C(=O)O)[C@@H](O)[C@@H](O)[C@@H]1O.